The van der Waals surface area contributed by atoms with Crippen LogP contribution in [0.25, 0.3) is 10.9 Å². The molecule has 0 radical (unpaired) electrons. The maximum absolute atomic E-state index is 5.47. The van der Waals surface area contributed by atoms with Crippen LogP contribution in [0, 0.1) is 5.92 Å². The van der Waals surface area contributed by atoms with Crippen LogP contribution in [0.1, 0.15) is 26.2 Å². The highest BCUT2D eigenvalue weighted by molar-refractivity contribution is 7.95. The van der Waals surface area contributed by atoms with Crippen LogP contribution >= 0.6 is 12.1 Å². The van der Waals surface area contributed by atoms with Crippen LogP contribution in [-0.4, -0.2) is 61.7 Å². The Bertz CT molecular complexity index is 768. The highest BCUT2D eigenvalue weighted by atomic mass is 32.2. The molecule has 1 aliphatic heterocycles. The van der Waals surface area contributed by atoms with E-state index in [9.17, 15) is 0 Å². The number of ether oxygens (including phenoxy) is 2. The van der Waals surface area contributed by atoms with Gasteiger partial charge in [0.1, 0.15) is 12.1 Å². The molecular formula is C20H31N5O2S. The molecule has 0 unspecified atom stereocenters. The van der Waals surface area contributed by atoms with Crippen molar-refractivity contribution in [1.82, 2.24) is 19.0 Å². The Balaban J connectivity index is 1.62. The standard InChI is InChI=1S/C20H31N5O2S/c1-5-24(2)28-23-9-6-15-7-10-25(11-8-15)20-16-12-18(26-3)19(27-4)13-17(16)21-14-22-20/h12-15,23H,5-11H2,1-4H3. The number of nitrogens with zero attached hydrogens (tertiary/aromatic N) is 4. The van der Waals surface area contributed by atoms with Gasteiger partial charge in [-0.05, 0) is 38.3 Å². The van der Waals surface area contributed by atoms with Gasteiger partial charge >= 0.3 is 0 Å². The lowest BCUT2D eigenvalue weighted by Crippen LogP contribution is -2.35. The molecule has 7 nitrogen and oxygen atoms in total. The van der Waals surface area contributed by atoms with E-state index >= 15 is 0 Å². The highest BCUT2D eigenvalue weighted by Gasteiger charge is 2.22. The minimum Gasteiger partial charge on any atom is -0.493 e. The summed E-state index contributed by atoms with van der Waals surface area (Å²) in [5.74, 6) is 3.15. The van der Waals surface area contributed by atoms with Crippen molar-refractivity contribution in [2.75, 3.05) is 52.3 Å². The number of nitrogens with one attached hydrogen (secondary N) is 1. The number of anilines is 1. The summed E-state index contributed by atoms with van der Waals surface area (Å²) in [6.07, 6.45) is 5.23. The summed E-state index contributed by atoms with van der Waals surface area (Å²) in [6, 6.07) is 3.91. The Morgan fingerprint density at radius 2 is 1.89 bits per heavy atom. The summed E-state index contributed by atoms with van der Waals surface area (Å²) in [7, 11) is 5.40. The van der Waals surface area contributed by atoms with Gasteiger partial charge in [-0.3, -0.25) is 4.72 Å². The molecule has 3 rings (SSSR count). The van der Waals surface area contributed by atoms with E-state index in [4.69, 9.17) is 9.47 Å². The summed E-state index contributed by atoms with van der Waals surface area (Å²) in [5.41, 5.74) is 0.881. The lowest BCUT2D eigenvalue weighted by atomic mass is 9.93. The molecule has 0 amide bonds. The molecule has 8 heteroatoms. The number of aromatic nitrogens is 2. The molecule has 0 atom stereocenters. The molecule has 2 aromatic rings. The first kappa shape index (κ1) is 21.0. The average molecular weight is 406 g/mol. The number of fused-ring (bicyclic) bond motifs is 1. The third kappa shape index (κ3) is 4.98. The van der Waals surface area contributed by atoms with Crippen LogP contribution in [0.4, 0.5) is 5.82 Å². The third-order valence-corrected chi connectivity index (χ3v) is 6.26. The van der Waals surface area contributed by atoms with E-state index in [0.29, 0.717) is 11.5 Å². The first-order valence-corrected chi connectivity index (χ1v) is 10.7. The van der Waals surface area contributed by atoms with Crippen LogP contribution in [0.5, 0.6) is 11.5 Å². The van der Waals surface area contributed by atoms with Crippen LogP contribution in [0.15, 0.2) is 18.5 Å². The average Bonchev–Trinajstić information content (AvgIpc) is 2.75. The van der Waals surface area contributed by atoms with Crippen molar-refractivity contribution in [2.45, 2.75) is 26.2 Å². The molecule has 1 aromatic heterocycles. The monoisotopic (exact) mass is 405 g/mol. The molecule has 0 bridgehead atoms. The van der Waals surface area contributed by atoms with Gasteiger partial charge in [-0.15, -0.1) is 0 Å². The molecular weight excluding hydrogens is 374 g/mol. The van der Waals surface area contributed by atoms with Crippen molar-refractivity contribution in [3.63, 3.8) is 0 Å². The molecule has 2 heterocycles. The minimum atomic E-state index is 0.692. The third-order valence-electron chi connectivity index (χ3n) is 5.35. The van der Waals surface area contributed by atoms with Gasteiger partial charge in [-0.1, -0.05) is 6.92 Å². The van der Waals surface area contributed by atoms with E-state index in [-0.39, 0.29) is 0 Å². The molecule has 1 fully saturated rings. The normalized spacial score (nSPS) is 15.4. The Labute approximate surface area is 172 Å². The van der Waals surface area contributed by atoms with Crippen molar-refractivity contribution < 1.29 is 9.47 Å². The van der Waals surface area contributed by atoms with Crippen molar-refractivity contribution >= 4 is 28.9 Å². The molecule has 28 heavy (non-hydrogen) atoms. The Morgan fingerprint density at radius 1 is 1.18 bits per heavy atom. The van der Waals surface area contributed by atoms with Gasteiger partial charge in [0.25, 0.3) is 0 Å². The first-order valence-electron chi connectivity index (χ1n) is 9.88. The number of benzene rings is 1. The number of rotatable bonds is 9. The Hall–Kier alpha value is -1.77. The fourth-order valence-corrected chi connectivity index (χ4v) is 4.10. The van der Waals surface area contributed by atoms with Gasteiger partial charge < -0.3 is 14.4 Å². The van der Waals surface area contributed by atoms with E-state index in [1.165, 1.54) is 19.3 Å². The minimum absolute atomic E-state index is 0.692. The first-order chi connectivity index (χ1) is 13.7. The molecule has 1 aromatic carbocycles. The molecule has 0 spiro atoms. The second kappa shape index (κ2) is 10.1. The number of methoxy groups -OCH3 is 2. The summed E-state index contributed by atoms with van der Waals surface area (Å²) >= 11 is 1.70. The molecule has 1 saturated heterocycles. The summed E-state index contributed by atoms with van der Waals surface area (Å²) in [6.45, 7) is 6.29. The second-order valence-electron chi connectivity index (χ2n) is 7.07. The van der Waals surface area contributed by atoms with E-state index in [1.807, 2.05) is 12.1 Å². The molecule has 0 saturated carbocycles. The van der Waals surface area contributed by atoms with E-state index < -0.39 is 0 Å². The molecule has 0 aliphatic carbocycles. The van der Waals surface area contributed by atoms with E-state index in [2.05, 4.69) is 37.9 Å². The summed E-state index contributed by atoms with van der Waals surface area (Å²) in [4.78, 5) is 11.4. The Kier molecular flexibility index (Phi) is 7.58. The SMILES string of the molecule is CCN(C)SNCCC1CCN(c2ncnc3cc(OC)c(OC)cc23)CC1. The van der Waals surface area contributed by atoms with Gasteiger partial charge in [0.05, 0.1) is 19.7 Å². The molecule has 1 N–H and O–H groups in total. The lowest BCUT2D eigenvalue weighted by molar-refractivity contribution is 0.355. The quantitative estimate of drug-likeness (QED) is 0.503. The van der Waals surface area contributed by atoms with Gasteiger partial charge in [0.15, 0.2) is 11.5 Å². The highest BCUT2D eigenvalue weighted by Crippen LogP contribution is 2.35. The predicted octanol–water partition coefficient (Wildman–Crippen LogP) is 3.36. The van der Waals surface area contributed by atoms with Crippen molar-refractivity contribution in [2.24, 2.45) is 5.92 Å². The van der Waals surface area contributed by atoms with Gasteiger partial charge in [-0.25, -0.2) is 14.3 Å². The van der Waals surface area contributed by atoms with Crippen LogP contribution in [-0.2, 0) is 0 Å². The van der Waals surface area contributed by atoms with Crippen LogP contribution < -0.4 is 19.1 Å². The zero-order valence-corrected chi connectivity index (χ0v) is 18.1. The number of hydrogen-bond acceptors (Lipinski definition) is 8. The van der Waals surface area contributed by atoms with Crippen molar-refractivity contribution in [3.8, 4) is 11.5 Å². The second-order valence-corrected chi connectivity index (χ2v) is 8.17. The fourth-order valence-electron chi connectivity index (χ4n) is 3.54. The maximum atomic E-state index is 5.47. The predicted molar refractivity (Wildman–Crippen MR) is 116 cm³/mol. The molecule has 1 aliphatic rings. The summed E-state index contributed by atoms with van der Waals surface area (Å²) < 4.78 is 16.5. The van der Waals surface area contributed by atoms with Crippen LogP contribution in [0.2, 0.25) is 0 Å². The van der Waals surface area contributed by atoms with Crippen LogP contribution in [0.3, 0.4) is 0 Å². The lowest BCUT2D eigenvalue weighted by Gasteiger charge is -2.33. The maximum Gasteiger partial charge on any atom is 0.162 e. The largest absolute Gasteiger partial charge is 0.493 e. The fraction of sp³-hybridized carbons (Fsp3) is 0.600. The van der Waals surface area contributed by atoms with Gasteiger partial charge in [-0.2, -0.15) is 0 Å². The summed E-state index contributed by atoms with van der Waals surface area (Å²) in [5, 5.41) is 1.01. The van der Waals surface area contributed by atoms with Crippen molar-refractivity contribution in [3.05, 3.63) is 18.5 Å². The zero-order chi connectivity index (χ0) is 19.9. The van der Waals surface area contributed by atoms with Gasteiger partial charge in [0, 0.05) is 49.8 Å². The topological polar surface area (TPSA) is 62.8 Å². The van der Waals surface area contributed by atoms with Crippen molar-refractivity contribution in [1.29, 1.82) is 0 Å². The smallest absolute Gasteiger partial charge is 0.162 e. The Morgan fingerprint density at radius 3 is 2.57 bits per heavy atom. The van der Waals surface area contributed by atoms with E-state index in [1.54, 1.807) is 32.7 Å². The van der Waals surface area contributed by atoms with E-state index in [0.717, 1.165) is 48.8 Å². The van der Waals surface area contributed by atoms with Gasteiger partial charge in [0.2, 0.25) is 0 Å². The zero-order valence-electron chi connectivity index (χ0n) is 17.3. The molecule has 154 valence electrons. The number of piperidine rings is 1. The number of hydrogen-bond donors (Lipinski definition) is 1.